The van der Waals surface area contributed by atoms with Crippen LogP contribution >= 0.6 is 11.6 Å². The van der Waals surface area contributed by atoms with Crippen molar-refractivity contribution in [3.8, 4) is 11.8 Å². The second-order valence-corrected chi connectivity index (χ2v) is 12.3. The van der Waals surface area contributed by atoms with Gasteiger partial charge in [-0.1, -0.05) is 23.4 Å². The average Bonchev–Trinajstić information content (AvgIpc) is 2.77. The first-order chi connectivity index (χ1) is 15.3. The Bertz CT molecular complexity index is 928. The largest absolute Gasteiger partial charge is 0.380 e. The molecule has 2 atom stereocenters. The summed E-state index contributed by atoms with van der Waals surface area (Å²) in [6.07, 6.45) is 7.21. The van der Waals surface area contributed by atoms with Crippen LogP contribution in [-0.2, 0) is 14.8 Å². The monoisotopic (exact) mass is 480 g/mol. The van der Waals surface area contributed by atoms with Crippen molar-refractivity contribution in [1.29, 1.82) is 0 Å². The number of nitrogens with zero attached hydrogens (tertiary/aromatic N) is 4. The van der Waals surface area contributed by atoms with Gasteiger partial charge in [0.1, 0.15) is 0 Å². The molecule has 32 heavy (non-hydrogen) atoms. The molecular weight excluding hydrogens is 448 g/mol. The molecule has 2 fully saturated rings. The Morgan fingerprint density at radius 1 is 1.06 bits per heavy atom. The average molecular weight is 481 g/mol. The molecule has 0 spiro atoms. The summed E-state index contributed by atoms with van der Waals surface area (Å²) in [7, 11) is -3.14. The van der Waals surface area contributed by atoms with E-state index in [1.54, 1.807) is 30.5 Å². The second-order valence-electron chi connectivity index (χ2n) is 9.42. The van der Waals surface area contributed by atoms with Gasteiger partial charge in [-0.3, -0.25) is 0 Å². The summed E-state index contributed by atoms with van der Waals surface area (Å²) in [6, 6.07) is 0. The van der Waals surface area contributed by atoms with E-state index in [9.17, 15) is 8.42 Å². The second kappa shape index (κ2) is 10.3. The van der Waals surface area contributed by atoms with Gasteiger partial charge in [-0.2, -0.15) is 0 Å². The molecular formula is C23H33ClN4O3S. The maximum Gasteiger partial charge on any atom is 0.225 e. The van der Waals surface area contributed by atoms with E-state index in [0.29, 0.717) is 55.0 Å². The first-order valence-electron chi connectivity index (χ1n) is 11.6. The molecule has 3 heterocycles. The van der Waals surface area contributed by atoms with E-state index in [0.717, 1.165) is 44.7 Å². The van der Waals surface area contributed by atoms with Gasteiger partial charge in [0, 0.05) is 38.7 Å². The Kier molecular flexibility index (Phi) is 7.61. The van der Waals surface area contributed by atoms with Crippen molar-refractivity contribution in [2.45, 2.75) is 44.8 Å². The summed E-state index contributed by atoms with van der Waals surface area (Å²) in [5.41, 5.74) is 0. The maximum absolute atomic E-state index is 12.3. The van der Waals surface area contributed by atoms with Crippen molar-refractivity contribution in [3.05, 3.63) is 17.4 Å². The van der Waals surface area contributed by atoms with E-state index >= 15 is 0 Å². The molecule has 2 saturated heterocycles. The van der Waals surface area contributed by atoms with Gasteiger partial charge in [0.2, 0.25) is 16.0 Å². The Balaban J connectivity index is 1.15. The van der Waals surface area contributed by atoms with Crippen LogP contribution in [0.5, 0.6) is 0 Å². The third-order valence-corrected chi connectivity index (χ3v) is 9.46. The Hall–Kier alpha value is -1.40. The van der Waals surface area contributed by atoms with Crippen LogP contribution in [0.1, 0.15) is 39.5 Å². The van der Waals surface area contributed by atoms with E-state index in [1.165, 1.54) is 0 Å². The van der Waals surface area contributed by atoms with Crippen molar-refractivity contribution >= 4 is 27.6 Å². The molecule has 7 nitrogen and oxygen atoms in total. The van der Waals surface area contributed by atoms with Crippen LogP contribution < -0.4 is 4.90 Å². The lowest BCUT2D eigenvalue weighted by Gasteiger charge is -2.38. The predicted molar refractivity (Wildman–Crippen MR) is 126 cm³/mol. The van der Waals surface area contributed by atoms with E-state index in [2.05, 4.69) is 26.7 Å². The Morgan fingerprint density at radius 2 is 1.72 bits per heavy atom. The number of anilines is 1. The molecule has 0 N–H and O–H groups in total. The topological polar surface area (TPSA) is 75.6 Å². The molecule has 0 radical (unpaired) electrons. The van der Waals surface area contributed by atoms with Crippen molar-refractivity contribution < 1.29 is 13.2 Å². The van der Waals surface area contributed by atoms with Crippen LogP contribution in [0.15, 0.2) is 12.4 Å². The zero-order chi connectivity index (χ0) is 22.7. The predicted octanol–water partition coefficient (Wildman–Crippen LogP) is 3.06. The minimum absolute atomic E-state index is 0.319. The van der Waals surface area contributed by atoms with Gasteiger partial charge in [-0.15, -0.1) is 0 Å². The highest BCUT2D eigenvalue weighted by Crippen LogP contribution is 2.35. The fraction of sp³-hybridized carbons (Fsp3) is 0.739. The number of hydrogen-bond acceptors (Lipinski definition) is 6. The minimum atomic E-state index is -3.14. The van der Waals surface area contributed by atoms with Crippen molar-refractivity contribution in [2.24, 2.45) is 23.7 Å². The van der Waals surface area contributed by atoms with Crippen molar-refractivity contribution in [2.75, 3.05) is 44.3 Å². The Morgan fingerprint density at radius 3 is 2.28 bits per heavy atom. The van der Waals surface area contributed by atoms with E-state index in [-0.39, 0.29) is 5.25 Å². The van der Waals surface area contributed by atoms with Gasteiger partial charge in [0.25, 0.3) is 0 Å². The molecule has 0 amide bonds. The van der Waals surface area contributed by atoms with E-state index in [4.69, 9.17) is 16.3 Å². The summed E-state index contributed by atoms with van der Waals surface area (Å²) in [4.78, 5) is 10.9. The first kappa shape index (κ1) is 23.7. The SMILES string of the molecule is CC(C)S(=O)(=O)N1CCC(COC[C@@H]2C#C[C@@H]2C2CCN(c3ncc(Cl)cn3)CC2)CC1. The highest BCUT2D eigenvalue weighted by atomic mass is 35.5. The standard InChI is InChI=1S/C23H33ClN4O3S/c1-17(2)32(29,30)28-11-5-18(6-12-28)15-31-16-20-3-4-22(20)19-7-9-27(10-8-19)23-25-13-21(24)14-26-23/h13-14,17-20,22H,5-12,15-16H2,1-2H3/t20-,22+/m0/s1. The number of ether oxygens (including phenoxy) is 1. The van der Waals surface area contributed by atoms with Gasteiger partial charge in [-0.05, 0) is 51.4 Å². The van der Waals surface area contributed by atoms with Crippen LogP contribution in [-0.4, -0.2) is 67.3 Å². The highest BCUT2D eigenvalue weighted by Gasteiger charge is 2.35. The molecule has 9 heteroatoms. The number of rotatable bonds is 8. The third kappa shape index (κ3) is 5.39. The van der Waals surface area contributed by atoms with Gasteiger partial charge < -0.3 is 9.64 Å². The van der Waals surface area contributed by atoms with Crippen LogP contribution in [0.3, 0.4) is 0 Å². The van der Waals surface area contributed by atoms with E-state index in [1.807, 2.05) is 0 Å². The van der Waals surface area contributed by atoms with Crippen molar-refractivity contribution in [1.82, 2.24) is 14.3 Å². The first-order valence-corrected chi connectivity index (χ1v) is 13.5. The molecule has 176 valence electrons. The molecule has 0 aromatic carbocycles. The summed E-state index contributed by atoms with van der Waals surface area (Å²) in [5.74, 6) is 9.20. The van der Waals surface area contributed by atoms with Crippen LogP contribution in [0, 0.1) is 35.5 Å². The van der Waals surface area contributed by atoms with Gasteiger partial charge in [-0.25, -0.2) is 22.7 Å². The lowest BCUT2D eigenvalue weighted by atomic mass is 9.73. The molecule has 2 aliphatic heterocycles. The highest BCUT2D eigenvalue weighted by molar-refractivity contribution is 7.89. The van der Waals surface area contributed by atoms with E-state index < -0.39 is 10.0 Å². The summed E-state index contributed by atoms with van der Waals surface area (Å²) in [5, 5.41) is 0.206. The zero-order valence-electron chi connectivity index (χ0n) is 18.9. The fourth-order valence-corrected chi connectivity index (χ4v) is 6.22. The van der Waals surface area contributed by atoms with Gasteiger partial charge in [0.05, 0.1) is 35.2 Å². The zero-order valence-corrected chi connectivity index (χ0v) is 20.5. The molecule has 1 aliphatic carbocycles. The number of hydrogen-bond donors (Lipinski definition) is 0. The number of piperidine rings is 2. The summed E-state index contributed by atoms with van der Waals surface area (Å²) < 4.78 is 32.3. The third-order valence-electron chi connectivity index (χ3n) is 6.99. The summed E-state index contributed by atoms with van der Waals surface area (Å²) >= 11 is 5.89. The Labute approximate surface area is 196 Å². The molecule has 1 aromatic heterocycles. The summed E-state index contributed by atoms with van der Waals surface area (Å²) in [6.45, 7) is 7.97. The quantitative estimate of drug-likeness (QED) is 0.532. The molecule has 1 aromatic rings. The molecule has 4 rings (SSSR count). The fourth-order valence-electron chi connectivity index (χ4n) is 4.81. The lowest BCUT2D eigenvalue weighted by Crippen LogP contribution is -2.43. The normalized spacial score (nSPS) is 25.4. The smallest absolute Gasteiger partial charge is 0.225 e. The van der Waals surface area contributed by atoms with Gasteiger partial charge >= 0.3 is 0 Å². The molecule has 0 saturated carbocycles. The number of sulfonamides is 1. The van der Waals surface area contributed by atoms with Crippen LogP contribution in [0.25, 0.3) is 0 Å². The van der Waals surface area contributed by atoms with Gasteiger partial charge in [0.15, 0.2) is 0 Å². The molecule has 0 bridgehead atoms. The lowest BCUT2D eigenvalue weighted by molar-refractivity contribution is 0.0495. The van der Waals surface area contributed by atoms with Crippen molar-refractivity contribution in [3.63, 3.8) is 0 Å². The minimum Gasteiger partial charge on any atom is -0.380 e. The van der Waals surface area contributed by atoms with Crippen LogP contribution in [0.4, 0.5) is 5.95 Å². The molecule has 3 aliphatic rings. The number of halogens is 1. The maximum atomic E-state index is 12.3. The van der Waals surface area contributed by atoms with Crippen LogP contribution in [0.2, 0.25) is 5.02 Å². The molecule has 0 unspecified atom stereocenters. The number of aromatic nitrogens is 2.